The van der Waals surface area contributed by atoms with Crippen molar-refractivity contribution in [1.29, 1.82) is 0 Å². The molecule has 0 fully saturated rings. The van der Waals surface area contributed by atoms with E-state index < -0.39 is 0 Å². The first-order valence-electron chi connectivity index (χ1n) is 11.3. The van der Waals surface area contributed by atoms with Gasteiger partial charge in [0.15, 0.2) is 11.5 Å². The number of aromatic nitrogens is 1. The summed E-state index contributed by atoms with van der Waals surface area (Å²) in [4.78, 5) is 2.46. The molecule has 3 aromatic rings. The molecule has 0 aliphatic heterocycles. The van der Waals surface area contributed by atoms with Gasteiger partial charge in [-0.15, -0.1) is 0 Å². The van der Waals surface area contributed by atoms with Gasteiger partial charge >= 0.3 is 0 Å². The molecule has 5 nitrogen and oxygen atoms in total. The Morgan fingerprint density at radius 2 is 1.71 bits per heavy atom. The second kappa shape index (κ2) is 9.15. The van der Waals surface area contributed by atoms with E-state index in [4.69, 9.17) is 9.47 Å². The molecule has 0 spiro atoms. The molecule has 0 unspecified atom stereocenters. The zero-order valence-corrected chi connectivity index (χ0v) is 19.4. The van der Waals surface area contributed by atoms with E-state index in [1.54, 1.807) is 14.2 Å². The average molecular weight is 421 g/mol. The zero-order valence-electron chi connectivity index (χ0n) is 19.4. The molecule has 0 atom stereocenters. The standard InChI is InChI=1S/C26H33N3O2/c1-6-29(7-2)15-14-27-25-19-10-8-9-11-22(19)28(3)26-20(25)13-12-18-16-23(30-4)24(31-5)17-21(18)26/h8-11,16-17H,6-7,12-15H2,1-5H3/p+1. The van der Waals surface area contributed by atoms with Gasteiger partial charge in [0.2, 0.25) is 11.2 Å². The second-order valence-corrected chi connectivity index (χ2v) is 8.10. The number of ether oxygens (including phenoxy) is 2. The first-order valence-corrected chi connectivity index (χ1v) is 11.3. The number of hydrogen-bond donors (Lipinski definition) is 1. The molecule has 1 heterocycles. The second-order valence-electron chi connectivity index (χ2n) is 8.10. The van der Waals surface area contributed by atoms with Gasteiger partial charge in [0, 0.05) is 24.7 Å². The average Bonchev–Trinajstić information content (AvgIpc) is 2.82. The molecule has 4 rings (SSSR count). The van der Waals surface area contributed by atoms with Crippen LogP contribution in [0.4, 0.5) is 5.69 Å². The summed E-state index contributed by atoms with van der Waals surface area (Å²) >= 11 is 0. The third-order valence-corrected chi connectivity index (χ3v) is 6.59. The Hall–Kier alpha value is -2.79. The van der Waals surface area contributed by atoms with Crippen molar-refractivity contribution in [3.05, 3.63) is 47.5 Å². The largest absolute Gasteiger partial charge is 0.493 e. The number of rotatable bonds is 8. The number of nitrogens with zero attached hydrogens (tertiary/aromatic N) is 2. The molecule has 0 saturated carbocycles. The van der Waals surface area contributed by atoms with Crippen LogP contribution in [0.15, 0.2) is 36.4 Å². The summed E-state index contributed by atoms with van der Waals surface area (Å²) in [6, 6.07) is 13.0. The minimum absolute atomic E-state index is 0.776. The van der Waals surface area contributed by atoms with E-state index in [1.807, 2.05) is 0 Å². The van der Waals surface area contributed by atoms with Gasteiger partial charge in [-0.1, -0.05) is 26.0 Å². The SMILES string of the molecule is CCN(CC)CCNc1c2c([n+](C)c3ccccc13)-c1cc(OC)c(OC)cc1CC2. The third kappa shape index (κ3) is 3.83. The Balaban J connectivity index is 1.86. The fraction of sp³-hybridized carbons (Fsp3) is 0.423. The maximum atomic E-state index is 5.64. The Morgan fingerprint density at radius 3 is 2.42 bits per heavy atom. The maximum absolute atomic E-state index is 5.64. The number of para-hydroxylation sites is 1. The van der Waals surface area contributed by atoms with Gasteiger partial charge in [-0.2, -0.15) is 4.57 Å². The van der Waals surface area contributed by atoms with Crippen LogP contribution in [0.1, 0.15) is 25.0 Å². The van der Waals surface area contributed by atoms with Crippen molar-refractivity contribution in [1.82, 2.24) is 4.90 Å². The third-order valence-electron chi connectivity index (χ3n) is 6.59. The normalized spacial score (nSPS) is 12.6. The molecule has 31 heavy (non-hydrogen) atoms. The monoisotopic (exact) mass is 420 g/mol. The summed E-state index contributed by atoms with van der Waals surface area (Å²) < 4.78 is 13.5. The van der Waals surface area contributed by atoms with Crippen molar-refractivity contribution in [3.8, 4) is 22.8 Å². The smallest absolute Gasteiger partial charge is 0.218 e. The summed E-state index contributed by atoms with van der Waals surface area (Å²) in [5.74, 6) is 1.57. The minimum Gasteiger partial charge on any atom is -0.493 e. The van der Waals surface area contributed by atoms with Crippen LogP contribution in [-0.4, -0.2) is 45.3 Å². The van der Waals surface area contributed by atoms with E-state index in [0.29, 0.717) is 0 Å². The van der Waals surface area contributed by atoms with Crippen LogP contribution >= 0.6 is 0 Å². The molecule has 2 aromatic carbocycles. The van der Waals surface area contributed by atoms with Gasteiger partial charge in [-0.3, -0.25) is 0 Å². The van der Waals surface area contributed by atoms with E-state index in [0.717, 1.165) is 50.5 Å². The summed E-state index contributed by atoms with van der Waals surface area (Å²) in [7, 11) is 5.58. The maximum Gasteiger partial charge on any atom is 0.218 e. The number of likely N-dealkylation sites (N-methyl/N-ethyl adjacent to an activating group) is 1. The lowest BCUT2D eigenvalue weighted by Crippen LogP contribution is -2.36. The topological polar surface area (TPSA) is 37.6 Å². The number of nitrogens with one attached hydrogen (secondary N) is 1. The molecule has 0 saturated heterocycles. The minimum atomic E-state index is 0.776. The Kier molecular flexibility index (Phi) is 6.33. The Morgan fingerprint density at radius 1 is 1.00 bits per heavy atom. The van der Waals surface area contributed by atoms with Crippen LogP contribution in [0.2, 0.25) is 0 Å². The lowest BCUT2D eigenvalue weighted by atomic mass is 9.86. The summed E-state index contributed by atoms with van der Waals surface area (Å²) in [6.45, 7) is 8.58. The fourth-order valence-corrected chi connectivity index (χ4v) is 4.86. The number of pyridine rings is 1. The summed E-state index contributed by atoms with van der Waals surface area (Å²) in [5.41, 5.74) is 7.71. The van der Waals surface area contributed by atoms with Crippen LogP contribution in [0.25, 0.3) is 22.2 Å². The first kappa shape index (κ1) is 21.4. The van der Waals surface area contributed by atoms with Crippen molar-refractivity contribution in [2.24, 2.45) is 7.05 Å². The van der Waals surface area contributed by atoms with E-state index >= 15 is 0 Å². The summed E-state index contributed by atoms with van der Waals surface area (Å²) in [6.07, 6.45) is 2.00. The number of aryl methyl sites for hydroxylation is 2. The molecular formula is C26H34N3O2+. The van der Waals surface area contributed by atoms with Gasteiger partial charge in [0.1, 0.15) is 7.05 Å². The first-order chi connectivity index (χ1) is 15.1. The number of fused-ring (bicyclic) bond motifs is 4. The molecule has 1 N–H and O–H groups in total. The lowest BCUT2D eigenvalue weighted by Gasteiger charge is -2.24. The zero-order chi connectivity index (χ0) is 22.0. The van der Waals surface area contributed by atoms with Crippen LogP contribution < -0.4 is 19.4 Å². The number of benzene rings is 2. The van der Waals surface area contributed by atoms with E-state index in [1.165, 1.54) is 39.0 Å². The van der Waals surface area contributed by atoms with Crippen LogP contribution in [0, 0.1) is 0 Å². The highest BCUT2D eigenvalue weighted by atomic mass is 16.5. The van der Waals surface area contributed by atoms with Gasteiger partial charge < -0.3 is 19.7 Å². The molecule has 1 aliphatic rings. The highest BCUT2D eigenvalue weighted by molar-refractivity contribution is 5.94. The quantitative estimate of drug-likeness (QED) is 0.554. The van der Waals surface area contributed by atoms with E-state index in [-0.39, 0.29) is 0 Å². The fourth-order valence-electron chi connectivity index (χ4n) is 4.86. The predicted octanol–water partition coefficient (Wildman–Crippen LogP) is 4.20. The lowest BCUT2D eigenvalue weighted by molar-refractivity contribution is -0.634. The van der Waals surface area contributed by atoms with Gasteiger partial charge in [0.05, 0.1) is 30.9 Å². The highest BCUT2D eigenvalue weighted by Gasteiger charge is 2.31. The number of methoxy groups -OCH3 is 2. The molecule has 1 aromatic heterocycles. The van der Waals surface area contributed by atoms with E-state index in [9.17, 15) is 0 Å². The molecule has 1 aliphatic carbocycles. The van der Waals surface area contributed by atoms with Gasteiger partial charge in [-0.05, 0) is 49.7 Å². The predicted molar refractivity (Wildman–Crippen MR) is 127 cm³/mol. The van der Waals surface area contributed by atoms with Crippen LogP contribution in [0.3, 0.4) is 0 Å². The van der Waals surface area contributed by atoms with Crippen LogP contribution in [-0.2, 0) is 19.9 Å². The molecule has 0 radical (unpaired) electrons. The van der Waals surface area contributed by atoms with Gasteiger partial charge in [0.25, 0.3) is 0 Å². The van der Waals surface area contributed by atoms with E-state index in [2.05, 4.69) is 72.1 Å². The molecule has 5 heteroatoms. The molecule has 0 bridgehead atoms. The molecule has 0 amide bonds. The van der Waals surface area contributed by atoms with Crippen LogP contribution in [0.5, 0.6) is 11.5 Å². The number of anilines is 1. The summed E-state index contributed by atoms with van der Waals surface area (Å²) in [5, 5.41) is 5.10. The molecular weight excluding hydrogens is 386 g/mol. The van der Waals surface area contributed by atoms with Crippen molar-refractivity contribution in [2.45, 2.75) is 26.7 Å². The van der Waals surface area contributed by atoms with Crippen molar-refractivity contribution in [2.75, 3.05) is 45.7 Å². The Bertz CT molecular complexity index is 1090. The molecule has 164 valence electrons. The van der Waals surface area contributed by atoms with Gasteiger partial charge in [-0.25, -0.2) is 0 Å². The van der Waals surface area contributed by atoms with Crippen molar-refractivity contribution >= 4 is 16.6 Å². The van der Waals surface area contributed by atoms with Crippen molar-refractivity contribution < 1.29 is 14.0 Å². The Labute approximate surface area is 185 Å². The van der Waals surface area contributed by atoms with Crippen molar-refractivity contribution in [3.63, 3.8) is 0 Å². The highest BCUT2D eigenvalue weighted by Crippen LogP contribution is 2.42. The number of hydrogen-bond acceptors (Lipinski definition) is 4.